The van der Waals surface area contributed by atoms with Crippen LogP contribution in [-0.4, -0.2) is 30.3 Å². The number of nitrogens with zero attached hydrogens (tertiary/aromatic N) is 1. The van der Waals surface area contributed by atoms with Crippen LogP contribution in [-0.2, 0) is 9.59 Å². The van der Waals surface area contributed by atoms with Gasteiger partial charge in [-0.05, 0) is 49.2 Å². The van der Waals surface area contributed by atoms with Crippen molar-refractivity contribution in [3.63, 3.8) is 0 Å². The van der Waals surface area contributed by atoms with Gasteiger partial charge in [-0.3, -0.25) is 15.0 Å². The number of anilines is 2. The number of hydrogen-bond acceptors (Lipinski definition) is 4. The monoisotopic (exact) mass is 394 g/mol. The molecule has 0 spiro atoms. The Labute approximate surface area is 170 Å². The highest BCUT2D eigenvalue weighted by atomic mass is 16.5. The van der Waals surface area contributed by atoms with E-state index in [0.717, 1.165) is 25.1 Å². The van der Waals surface area contributed by atoms with Crippen molar-refractivity contribution in [2.45, 2.75) is 38.7 Å². The van der Waals surface area contributed by atoms with Crippen molar-refractivity contribution in [1.29, 1.82) is 5.41 Å². The Morgan fingerprint density at radius 2 is 2.03 bits per heavy atom. The van der Waals surface area contributed by atoms with Gasteiger partial charge in [0.2, 0.25) is 5.91 Å². The minimum atomic E-state index is -0.665. The van der Waals surface area contributed by atoms with Crippen molar-refractivity contribution >= 4 is 29.0 Å². The quantitative estimate of drug-likeness (QED) is 0.471. The van der Waals surface area contributed by atoms with Gasteiger partial charge in [-0.15, -0.1) is 0 Å². The second-order valence-corrected chi connectivity index (χ2v) is 7.02. The van der Waals surface area contributed by atoms with Crippen LogP contribution in [0.5, 0.6) is 5.75 Å². The van der Waals surface area contributed by atoms with Crippen LogP contribution < -0.4 is 20.7 Å². The Morgan fingerprint density at radius 1 is 1.28 bits per heavy atom. The molecule has 0 saturated carbocycles. The highest BCUT2D eigenvalue weighted by molar-refractivity contribution is 5.97. The summed E-state index contributed by atoms with van der Waals surface area (Å²) < 4.78 is 5.88. The van der Waals surface area contributed by atoms with Crippen molar-refractivity contribution in [2.75, 3.05) is 16.8 Å². The molecule has 2 aromatic carbocycles. The molecule has 1 aliphatic rings. The summed E-state index contributed by atoms with van der Waals surface area (Å²) in [4.78, 5) is 26.4. The van der Waals surface area contributed by atoms with E-state index in [9.17, 15) is 9.59 Å². The molecule has 1 unspecified atom stereocenters. The van der Waals surface area contributed by atoms with E-state index in [4.69, 9.17) is 15.9 Å². The molecule has 2 amide bonds. The van der Waals surface area contributed by atoms with Crippen molar-refractivity contribution < 1.29 is 14.3 Å². The fourth-order valence-electron chi connectivity index (χ4n) is 3.28. The topological polar surface area (TPSA) is 109 Å². The predicted octanol–water partition coefficient (Wildman–Crippen LogP) is 3.28. The molecule has 2 aromatic rings. The van der Waals surface area contributed by atoms with Crippen LogP contribution in [0.4, 0.5) is 11.4 Å². The van der Waals surface area contributed by atoms with Gasteiger partial charge in [-0.1, -0.05) is 25.5 Å². The number of benzene rings is 2. The van der Waals surface area contributed by atoms with Crippen LogP contribution in [0.2, 0.25) is 0 Å². The van der Waals surface area contributed by atoms with Crippen molar-refractivity contribution in [1.82, 2.24) is 0 Å². The van der Waals surface area contributed by atoms with Crippen molar-refractivity contribution in [2.24, 2.45) is 5.73 Å². The molecule has 0 aliphatic carbocycles. The van der Waals surface area contributed by atoms with Crippen LogP contribution >= 0.6 is 0 Å². The van der Waals surface area contributed by atoms with E-state index in [1.54, 1.807) is 41.3 Å². The fraction of sp³-hybridized carbons (Fsp3) is 0.318. The van der Waals surface area contributed by atoms with Crippen LogP contribution in [0.25, 0.3) is 0 Å². The summed E-state index contributed by atoms with van der Waals surface area (Å²) in [6.45, 7) is 2.72. The molecule has 4 N–H and O–H groups in total. The zero-order valence-electron chi connectivity index (χ0n) is 16.5. The average Bonchev–Trinajstić information content (AvgIpc) is 3.14. The minimum absolute atomic E-state index is 0.0523. The number of amidine groups is 1. The van der Waals surface area contributed by atoms with E-state index in [-0.39, 0.29) is 17.6 Å². The summed E-state index contributed by atoms with van der Waals surface area (Å²) in [5.74, 6) is 0.328. The van der Waals surface area contributed by atoms with Gasteiger partial charge >= 0.3 is 0 Å². The lowest BCUT2D eigenvalue weighted by molar-refractivity contribution is -0.123. The lowest BCUT2D eigenvalue weighted by Crippen LogP contribution is -2.33. The van der Waals surface area contributed by atoms with E-state index < -0.39 is 6.10 Å². The molecule has 3 rings (SSSR count). The zero-order chi connectivity index (χ0) is 20.8. The van der Waals surface area contributed by atoms with Crippen molar-refractivity contribution in [3.8, 4) is 5.75 Å². The number of carbonyl (C=O) groups is 2. The number of nitrogen functional groups attached to an aromatic ring is 1. The predicted molar refractivity (Wildman–Crippen MR) is 113 cm³/mol. The molecule has 1 saturated heterocycles. The number of carbonyl (C=O) groups excluding carboxylic acids is 2. The second kappa shape index (κ2) is 9.23. The Morgan fingerprint density at radius 3 is 2.66 bits per heavy atom. The van der Waals surface area contributed by atoms with Gasteiger partial charge in [0.15, 0.2) is 6.10 Å². The average molecular weight is 394 g/mol. The molecular formula is C22H26N4O3. The Bertz CT molecular complexity index is 895. The molecule has 1 aliphatic heterocycles. The first-order valence-electron chi connectivity index (χ1n) is 9.80. The van der Waals surface area contributed by atoms with Crippen LogP contribution in [0.1, 0.15) is 38.2 Å². The number of amides is 2. The Balaban J connectivity index is 1.67. The third kappa shape index (κ3) is 5.13. The number of ether oxygens (including phenoxy) is 1. The molecule has 7 nitrogen and oxygen atoms in total. The summed E-state index contributed by atoms with van der Waals surface area (Å²) in [7, 11) is 0. The molecule has 0 radical (unpaired) electrons. The molecule has 1 heterocycles. The Hall–Kier alpha value is -3.35. The lowest BCUT2D eigenvalue weighted by Gasteiger charge is -2.19. The second-order valence-electron chi connectivity index (χ2n) is 7.02. The largest absolute Gasteiger partial charge is 0.481 e. The fourth-order valence-corrected chi connectivity index (χ4v) is 3.28. The maximum absolute atomic E-state index is 12.8. The molecule has 0 aromatic heterocycles. The number of nitrogens with two attached hydrogens (primary N) is 1. The maximum Gasteiger partial charge on any atom is 0.265 e. The van der Waals surface area contributed by atoms with E-state index in [0.29, 0.717) is 29.8 Å². The molecule has 7 heteroatoms. The van der Waals surface area contributed by atoms with E-state index in [1.165, 1.54) is 0 Å². The summed E-state index contributed by atoms with van der Waals surface area (Å²) >= 11 is 0. The van der Waals surface area contributed by atoms with Gasteiger partial charge in [0.05, 0.1) is 0 Å². The molecule has 0 bridgehead atoms. The normalized spacial score (nSPS) is 14.5. The SMILES string of the molecule is CCCC(Oc1cccc(C(=N)N)c1)C(=O)Nc1ccc(N2CCCC2=O)cc1. The first kappa shape index (κ1) is 20.4. The summed E-state index contributed by atoms with van der Waals surface area (Å²) in [5, 5.41) is 10.4. The third-order valence-electron chi connectivity index (χ3n) is 4.79. The Kier molecular flexibility index (Phi) is 6.49. The molecular weight excluding hydrogens is 368 g/mol. The standard InChI is InChI=1S/C22H26N4O3/c1-2-5-19(29-18-7-3-6-15(14-18)21(23)24)22(28)25-16-9-11-17(12-10-16)26-13-4-8-20(26)27/h3,6-7,9-12,14,19H,2,4-5,8,13H2,1H3,(H3,23,24)(H,25,28). The van der Waals surface area contributed by atoms with E-state index in [1.807, 2.05) is 19.1 Å². The minimum Gasteiger partial charge on any atom is -0.481 e. The zero-order valence-corrected chi connectivity index (χ0v) is 16.5. The van der Waals surface area contributed by atoms with Gasteiger partial charge in [-0.25, -0.2) is 0 Å². The number of hydrogen-bond donors (Lipinski definition) is 3. The van der Waals surface area contributed by atoms with Gasteiger partial charge in [0.1, 0.15) is 11.6 Å². The highest BCUT2D eigenvalue weighted by Gasteiger charge is 2.22. The summed E-state index contributed by atoms with van der Waals surface area (Å²) in [6, 6.07) is 14.1. The third-order valence-corrected chi connectivity index (χ3v) is 4.79. The number of nitrogens with one attached hydrogen (secondary N) is 2. The van der Waals surface area contributed by atoms with Gasteiger partial charge in [0.25, 0.3) is 5.91 Å². The van der Waals surface area contributed by atoms with Crippen LogP contribution in [0, 0.1) is 5.41 Å². The van der Waals surface area contributed by atoms with E-state index in [2.05, 4.69) is 5.32 Å². The highest BCUT2D eigenvalue weighted by Crippen LogP contribution is 2.23. The first-order valence-corrected chi connectivity index (χ1v) is 9.80. The van der Waals surface area contributed by atoms with Gasteiger partial charge in [0, 0.05) is 29.9 Å². The maximum atomic E-state index is 12.8. The molecule has 152 valence electrons. The molecule has 1 atom stereocenters. The van der Waals surface area contributed by atoms with Gasteiger partial charge in [-0.2, -0.15) is 0 Å². The lowest BCUT2D eigenvalue weighted by atomic mass is 10.1. The van der Waals surface area contributed by atoms with Crippen LogP contribution in [0.15, 0.2) is 48.5 Å². The summed E-state index contributed by atoms with van der Waals surface area (Å²) in [6.07, 6.45) is 2.12. The number of rotatable bonds is 8. The molecule has 29 heavy (non-hydrogen) atoms. The summed E-state index contributed by atoms with van der Waals surface area (Å²) in [5.41, 5.74) is 7.56. The van der Waals surface area contributed by atoms with Crippen molar-refractivity contribution in [3.05, 3.63) is 54.1 Å². The van der Waals surface area contributed by atoms with Gasteiger partial charge < -0.3 is 20.7 Å². The molecule has 1 fully saturated rings. The van der Waals surface area contributed by atoms with Crippen LogP contribution in [0.3, 0.4) is 0 Å². The first-order chi connectivity index (χ1) is 14.0. The smallest absolute Gasteiger partial charge is 0.265 e. The van der Waals surface area contributed by atoms with E-state index >= 15 is 0 Å².